The van der Waals surface area contributed by atoms with E-state index in [2.05, 4.69) is 34.6 Å². The van der Waals surface area contributed by atoms with Crippen molar-refractivity contribution in [2.24, 2.45) is 0 Å². The van der Waals surface area contributed by atoms with Crippen molar-refractivity contribution in [1.82, 2.24) is 10.2 Å². The highest BCUT2D eigenvalue weighted by atomic mass is 32.2. The average Bonchev–Trinajstić information content (AvgIpc) is 3.00. The van der Waals surface area contributed by atoms with Gasteiger partial charge >= 0.3 is 0 Å². The van der Waals surface area contributed by atoms with Crippen LogP contribution >= 0.6 is 11.8 Å². The van der Waals surface area contributed by atoms with Crippen LogP contribution in [-0.4, -0.2) is 27.2 Å². The molecule has 1 fully saturated rings. The van der Waals surface area contributed by atoms with Crippen molar-refractivity contribution >= 4 is 17.4 Å². The molecule has 0 bridgehead atoms. The van der Waals surface area contributed by atoms with E-state index in [0.29, 0.717) is 6.04 Å². The summed E-state index contributed by atoms with van der Waals surface area (Å²) in [6, 6.07) is 10.3. The minimum absolute atomic E-state index is 0.103. The molecule has 100 valence electrons. The number of aromatic nitrogens is 2. The largest absolute Gasteiger partial charge is 0.381 e. The molecule has 1 saturated heterocycles. The lowest BCUT2D eigenvalue weighted by Crippen LogP contribution is -2.18. The Bertz CT molecular complexity index is 602. The van der Waals surface area contributed by atoms with Gasteiger partial charge in [-0.3, -0.25) is 15.0 Å². The first-order chi connectivity index (χ1) is 9.20. The van der Waals surface area contributed by atoms with Gasteiger partial charge in [0.1, 0.15) is 0 Å². The van der Waals surface area contributed by atoms with Gasteiger partial charge in [0.15, 0.2) is 0 Å². The Kier molecular flexibility index (Phi) is 3.38. The minimum Gasteiger partial charge on any atom is -0.381 e. The van der Waals surface area contributed by atoms with Crippen LogP contribution in [0.2, 0.25) is 0 Å². The summed E-state index contributed by atoms with van der Waals surface area (Å²) in [5.41, 5.74) is 2.87. The Morgan fingerprint density at radius 3 is 2.63 bits per heavy atom. The summed E-state index contributed by atoms with van der Waals surface area (Å²) in [7, 11) is 0. The number of H-pyrrole nitrogens is 2. The Hall–Kier alpha value is -1.62. The third-order valence-electron chi connectivity index (χ3n) is 3.36. The number of hydrogen-bond donors (Lipinski definition) is 3. The summed E-state index contributed by atoms with van der Waals surface area (Å²) in [5, 5.41) is 9.71. The lowest BCUT2D eigenvalue weighted by atomic mass is 10.1. The molecule has 3 N–H and O–H groups in total. The fourth-order valence-electron chi connectivity index (χ4n) is 2.39. The van der Waals surface area contributed by atoms with E-state index in [1.54, 1.807) is 6.07 Å². The zero-order valence-corrected chi connectivity index (χ0v) is 11.6. The maximum atomic E-state index is 11.1. The van der Waals surface area contributed by atoms with Gasteiger partial charge in [-0.15, -0.1) is 0 Å². The van der Waals surface area contributed by atoms with E-state index in [0.717, 1.165) is 22.2 Å². The van der Waals surface area contributed by atoms with Crippen LogP contribution in [0.5, 0.6) is 0 Å². The number of rotatable bonds is 3. The molecule has 3 rings (SSSR count). The number of hydrogen-bond acceptors (Lipinski definition) is 3. The van der Waals surface area contributed by atoms with Gasteiger partial charge in [0.05, 0.1) is 5.69 Å². The van der Waals surface area contributed by atoms with E-state index in [-0.39, 0.29) is 5.56 Å². The molecule has 1 aromatic heterocycles. The van der Waals surface area contributed by atoms with Gasteiger partial charge in [-0.05, 0) is 24.1 Å². The molecule has 0 spiro atoms. The molecule has 0 amide bonds. The Labute approximate surface area is 116 Å². The summed E-state index contributed by atoms with van der Waals surface area (Å²) in [6.07, 6.45) is 1.22. The molecule has 0 radical (unpaired) electrons. The number of anilines is 1. The fourth-order valence-corrected chi connectivity index (χ4v) is 3.54. The smallest absolute Gasteiger partial charge is 0.264 e. The van der Waals surface area contributed by atoms with Crippen LogP contribution in [0, 0.1) is 0 Å². The Balaban J connectivity index is 1.70. The molecule has 1 aliphatic rings. The highest BCUT2D eigenvalue weighted by Crippen LogP contribution is 2.28. The van der Waals surface area contributed by atoms with Crippen LogP contribution in [0.1, 0.15) is 13.3 Å². The van der Waals surface area contributed by atoms with Crippen LogP contribution in [0.3, 0.4) is 0 Å². The highest BCUT2D eigenvalue weighted by molar-refractivity contribution is 8.00. The molecule has 1 aliphatic heterocycles. The van der Waals surface area contributed by atoms with E-state index < -0.39 is 0 Å². The first-order valence-electron chi connectivity index (χ1n) is 6.47. The van der Waals surface area contributed by atoms with E-state index in [4.69, 9.17) is 0 Å². The first kappa shape index (κ1) is 12.4. The van der Waals surface area contributed by atoms with E-state index in [1.165, 1.54) is 12.2 Å². The summed E-state index contributed by atoms with van der Waals surface area (Å²) in [6.45, 7) is 2.28. The lowest BCUT2D eigenvalue weighted by molar-refractivity contribution is 0.747. The zero-order valence-electron chi connectivity index (χ0n) is 10.8. The van der Waals surface area contributed by atoms with Gasteiger partial charge in [-0.2, -0.15) is 11.8 Å². The Morgan fingerprint density at radius 2 is 2.05 bits per heavy atom. The van der Waals surface area contributed by atoms with Crippen LogP contribution in [0.25, 0.3) is 11.3 Å². The molecule has 19 heavy (non-hydrogen) atoms. The molecular weight excluding hydrogens is 258 g/mol. The van der Waals surface area contributed by atoms with Crippen LogP contribution < -0.4 is 10.9 Å². The summed E-state index contributed by atoms with van der Waals surface area (Å²) in [4.78, 5) is 11.1. The molecule has 0 saturated carbocycles. The molecule has 2 aromatic rings. The second-order valence-electron chi connectivity index (χ2n) is 4.97. The van der Waals surface area contributed by atoms with Crippen molar-refractivity contribution in [2.75, 3.05) is 11.1 Å². The number of aromatic amines is 2. The predicted molar refractivity (Wildman–Crippen MR) is 80.8 cm³/mol. The molecule has 2 unspecified atom stereocenters. The second-order valence-corrected chi connectivity index (χ2v) is 6.44. The quantitative estimate of drug-likeness (QED) is 0.807. The van der Waals surface area contributed by atoms with Gasteiger partial charge in [-0.1, -0.05) is 19.1 Å². The van der Waals surface area contributed by atoms with Crippen molar-refractivity contribution in [3.63, 3.8) is 0 Å². The number of benzene rings is 1. The first-order valence-corrected chi connectivity index (χ1v) is 7.52. The van der Waals surface area contributed by atoms with Gasteiger partial charge in [0, 0.05) is 28.8 Å². The van der Waals surface area contributed by atoms with Crippen molar-refractivity contribution in [1.29, 1.82) is 0 Å². The highest BCUT2D eigenvalue weighted by Gasteiger charge is 2.21. The van der Waals surface area contributed by atoms with Crippen LogP contribution in [0.15, 0.2) is 35.1 Å². The van der Waals surface area contributed by atoms with Crippen molar-refractivity contribution in [2.45, 2.75) is 24.6 Å². The molecule has 4 nitrogen and oxygen atoms in total. The van der Waals surface area contributed by atoms with Gasteiger partial charge in [0.25, 0.3) is 5.56 Å². The van der Waals surface area contributed by atoms with E-state index in [1.807, 2.05) is 23.9 Å². The zero-order chi connectivity index (χ0) is 13.2. The number of nitrogens with one attached hydrogen (secondary N) is 3. The maximum absolute atomic E-state index is 11.1. The van der Waals surface area contributed by atoms with Crippen LogP contribution in [-0.2, 0) is 0 Å². The summed E-state index contributed by atoms with van der Waals surface area (Å²) in [5.74, 6) is 1.17. The van der Waals surface area contributed by atoms with Crippen molar-refractivity contribution < 1.29 is 0 Å². The molecule has 0 aliphatic carbocycles. The van der Waals surface area contributed by atoms with Crippen molar-refractivity contribution in [3.8, 4) is 11.3 Å². The second kappa shape index (κ2) is 5.17. The molecule has 5 heteroatoms. The van der Waals surface area contributed by atoms with E-state index >= 15 is 0 Å². The minimum atomic E-state index is -0.103. The monoisotopic (exact) mass is 275 g/mol. The molecule has 2 atom stereocenters. The van der Waals surface area contributed by atoms with Gasteiger partial charge < -0.3 is 5.32 Å². The van der Waals surface area contributed by atoms with E-state index in [9.17, 15) is 4.79 Å². The van der Waals surface area contributed by atoms with Crippen molar-refractivity contribution in [3.05, 3.63) is 40.7 Å². The van der Waals surface area contributed by atoms with Crippen LogP contribution in [0.4, 0.5) is 5.69 Å². The average molecular weight is 275 g/mol. The third-order valence-corrected chi connectivity index (χ3v) is 4.72. The van der Waals surface area contributed by atoms with Gasteiger partial charge in [-0.25, -0.2) is 0 Å². The third kappa shape index (κ3) is 2.87. The standard InChI is InChI=1S/C14H17N3OS/c1-9-6-12(8-19-9)15-11-4-2-10(3-5-11)13-7-14(18)17-16-13/h2-5,7,9,12,15H,6,8H2,1H3,(H2,16,17,18). The molecule has 1 aromatic carbocycles. The fraction of sp³-hybridized carbons (Fsp3) is 0.357. The predicted octanol–water partition coefficient (Wildman–Crippen LogP) is 2.68. The summed E-state index contributed by atoms with van der Waals surface area (Å²) >= 11 is 2.02. The SMILES string of the molecule is CC1CC(Nc2ccc(-c3cc(=O)[nH][nH]3)cc2)CS1. The normalized spacial score (nSPS) is 22.6. The summed E-state index contributed by atoms with van der Waals surface area (Å²) < 4.78 is 0. The molecule has 2 heterocycles. The van der Waals surface area contributed by atoms with Gasteiger partial charge in [0.2, 0.25) is 0 Å². The number of thioether (sulfide) groups is 1. The Morgan fingerprint density at radius 1 is 1.26 bits per heavy atom. The maximum Gasteiger partial charge on any atom is 0.264 e. The lowest BCUT2D eigenvalue weighted by Gasteiger charge is -2.13. The topological polar surface area (TPSA) is 60.7 Å². The molecular formula is C14H17N3OS.